The van der Waals surface area contributed by atoms with Crippen molar-refractivity contribution in [2.45, 2.75) is 25.4 Å². The van der Waals surface area contributed by atoms with Crippen LogP contribution in [-0.4, -0.2) is 19.8 Å². The van der Waals surface area contributed by atoms with Gasteiger partial charge in [-0.05, 0) is 36.6 Å². The van der Waals surface area contributed by atoms with Crippen LogP contribution in [0.1, 0.15) is 18.4 Å². The normalized spacial score (nSPS) is 14.9. The van der Waals surface area contributed by atoms with Crippen molar-refractivity contribution in [2.75, 3.05) is 13.7 Å². The molecule has 0 radical (unpaired) electrons. The second-order valence-electron chi connectivity index (χ2n) is 4.44. The van der Waals surface area contributed by atoms with E-state index in [1.165, 1.54) is 18.4 Å². The minimum absolute atomic E-state index is 0.360. The maximum absolute atomic E-state index is 6.23. The van der Waals surface area contributed by atoms with Gasteiger partial charge in [0, 0.05) is 18.1 Å². The van der Waals surface area contributed by atoms with Crippen LogP contribution in [0.15, 0.2) is 23.7 Å². The molecule has 1 aromatic rings. The van der Waals surface area contributed by atoms with Crippen LogP contribution in [0.2, 0.25) is 5.02 Å². The maximum atomic E-state index is 6.23. The van der Waals surface area contributed by atoms with E-state index >= 15 is 0 Å². The summed E-state index contributed by atoms with van der Waals surface area (Å²) in [6.45, 7) is 1.15. The van der Waals surface area contributed by atoms with E-state index in [9.17, 15) is 0 Å². The van der Waals surface area contributed by atoms with Crippen LogP contribution in [0.5, 0.6) is 11.5 Å². The summed E-state index contributed by atoms with van der Waals surface area (Å²) < 4.78 is 10.9. The van der Waals surface area contributed by atoms with Gasteiger partial charge >= 0.3 is 0 Å². The summed E-state index contributed by atoms with van der Waals surface area (Å²) in [5, 5.41) is 3.99. The molecule has 0 aromatic heterocycles. The van der Waals surface area contributed by atoms with Gasteiger partial charge in [0.2, 0.25) is 0 Å². The van der Waals surface area contributed by atoms with Crippen molar-refractivity contribution >= 4 is 23.2 Å². The van der Waals surface area contributed by atoms with Gasteiger partial charge in [-0.15, -0.1) is 0 Å². The van der Waals surface area contributed by atoms with Gasteiger partial charge < -0.3 is 14.8 Å². The number of methoxy groups -OCH3 is 1. The zero-order valence-corrected chi connectivity index (χ0v) is 12.3. The summed E-state index contributed by atoms with van der Waals surface area (Å²) in [4.78, 5) is 0. The number of rotatable bonds is 7. The summed E-state index contributed by atoms with van der Waals surface area (Å²) in [6, 6.07) is 4.51. The first-order chi connectivity index (χ1) is 9.24. The Morgan fingerprint density at radius 1 is 1.42 bits per heavy atom. The number of hydrogen-bond donors (Lipinski definition) is 1. The number of halogens is 2. The van der Waals surface area contributed by atoms with E-state index in [0.29, 0.717) is 29.2 Å². The Bertz CT molecular complexity index is 459. The van der Waals surface area contributed by atoms with E-state index in [2.05, 4.69) is 5.32 Å². The molecule has 0 heterocycles. The van der Waals surface area contributed by atoms with Crippen LogP contribution in [0.25, 0.3) is 0 Å². The van der Waals surface area contributed by atoms with Gasteiger partial charge in [-0.2, -0.15) is 0 Å². The average molecular weight is 302 g/mol. The van der Waals surface area contributed by atoms with E-state index in [-0.39, 0.29) is 0 Å². The zero-order chi connectivity index (χ0) is 13.7. The molecular formula is C14H17Cl2NO2. The highest BCUT2D eigenvalue weighted by atomic mass is 35.5. The summed E-state index contributed by atoms with van der Waals surface area (Å²) in [7, 11) is 1.61. The summed E-state index contributed by atoms with van der Waals surface area (Å²) in [5.74, 6) is 1.19. The van der Waals surface area contributed by atoms with E-state index < -0.39 is 0 Å². The Morgan fingerprint density at radius 2 is 2.21 bits per heavy atom. The summed E-state index contributed by atoms with van der Waals surface area (Å²) in [6.07, 6.45) is 4.22. The Balaban J connectivity index is 2.08. The Labute approximate surface area is 123 Å². The second kappa shape index (κ2) is 7.04. The molecule has 0 saturated heterocycles. The van der Waals surface area contributed by atoms with Crippen molar-refractivity contribution in [3.05, 3.63) is 34.3 Å². The minimum atomic E-state index is 0.360. The molecule has 1 saturated carbocycles. The highest BCUT2D eigenvalue weighted by Gasteiger charge is 2.20. The molecule has 1 N–H and O–H groups in total. The lowest BCUT2D eigenvalue weighted by atomic mass is 10.2. The molecule has 0 bridgehead atoms. The lowest BCUT2D eigenvalue weighted by Gasteiger charge is -2.13. The third-order valence-electron chi connectivity index (χ3n) is 2.87. The van der Waals surface area contributed by atoms with Crippen molar-refractivity contribution in [3.63, 3.8) is 0 Å². The molecule has 19 heavy (non-hydrogen) atoms. The lowest BCUT2D eigenvalue weighted by Crippen LogP contribution is -2.15. The molecule has 0 aliphatic heterocycles. The van der Waals surface area contributed by atoms with Gasteiger partial charge in [-0.1, -0.05) is 23.2 Å². The molecular weight excluding hydrogens is 285 g/mol. The van der Waals surface area contributed by atoms with E-state index in [1.54, 1.807) is 13.2 Å². The van der Waals surface area contributed by atoms with E-state index in [4.69, 9.17) is 32.7 Å². The van der Waals surface area contributed by atoms with Crippen LogP contribution >= 0.6 is 23.2 Å². The molecule has 1 fully saturated rings. The predicted molar refractivity (Wildman–Crippen MR) is 78.4 cm³/mol. The average Bonchev–Trinajstić information content (AvgIpc) is 3.22. The molecule has 3 nitrogen and oxygen atoms in total. The third kappa shape index (κ3) is 4.30. The lowest BCUT2D eigenvalue weighted by molar-refractivity contribution is 0.326. The van der Waals surface area contributed by atoms with Gasteiger partial charge in [0.15, 0.2) is 11.5 Å². The SMILES string of the molecule is COc1cc(CNC2CC2)cc(Cl)c1OC/C=C/Cl. The highest BCUT2D eigenvalue weighted by molar-refractivity contribution is 6.32. The molecule has 0 atom stereocenters. The fourth-order valence-electron chi connectivity index (χ4n) is 1.73. The third-order valence-corrected chi connectivity index (χ3v) is 3.33. The van der Waals surface area contributed by atoms with Crippen molar-refractivity contribution in [2.24, 2.45) is 0 Å². The summed E-state index contributed by atoms with van der Waals surface area (Å²) in [5.41, 5.74) is 2.50. The fraction of sp³-hybridized carbons (Fsp3) is 0.429. The number of benzene rings is 1. The minimum Gasteiger partial charge on any atom is -0.493 e. The summed E-state index contributed by atoms with van der Waals surface area (Å²) >= 11 is 11.7. The van der Waals surface area contributed by atoms with Gasteiger partial charge in [0.25, 0.3) is 0 Å². The molecule has 0 amide bonds. The van der Waals surface area contributed by atoms with Gasteiger partial charge in [-0.25, -0.2) is 0 Å². The number of nitrogens with one attached hydrogen (secondary N) is 1. The topological polar surface area (TPSA) is 30.5 Å². The monoisotopic (exact) mass is 301 g/mol. The van der Waals surface area contributed by atoms with Crippen molar-refractivity contribution in [1.29, 1.82) is 0 Å². The molecule has 0 unspecified atom stereocenters. The molecule has 1 aliphatic carbocycles. The van der Waals surface area contributed by atoms with Crippen molar-refractivity contribution < 1.29 is 9.47 Å². The quantitative estimate of drug-likeness (QED) is 0.832. The molecule has 2 rings (SSSR count). The van der Waals surface area contributed by atoms with Crippen LogP contribution in [0, 0.1) is 0 Å². The van der Waals surface area contributed by atoms with Crippen molar-refractivity contribution in [1.82, 2.24) is 5.32 Å². The van der Waals surface area contributed by atoms with Gasteiger partial charge in [0.05, 0.1) is 12.1 Å². The maximum Gasteiger partial charge on any atom is 0.180 e. The smallest absolute Gasteiger partial charge is 0.180 e. The number of ether oxygens (including phenoxy) is 2. The van der Waals surface area contributed by atoms with Crippen LogP contribution in [0.4, 0.5) is 0 Å². The first-order valence-electron chi connectivity index (χ1n) is 6.22. The first-order valence-corrected chi connectivity index (χ1v) is 7.04. The first kappa shape index (κ1) is 14.5. The Morgan fingerprint density at radius 3 is 2.84 bits per heavy atom. The fourth-order valence-corrected chi connectivity index (χ4v) is 2.09. The standard InChI is InChI=1S/C14H17Cl2NO2/c1-18-13-8-10(9-17-11-3-4-11)7-12(16)14(13)19-6-2-5-15/h2,5,7-8,11,17H,3-4,6,9H2,1H3/b5-2+. The zero-order valence-electron chi connectivity index (χ0n) is 10.8. The van der Waals surface area contributed by atoms with Crippen molar-refractivity contribution in [3.8, 4) is 11.5 Å². The Hall–Kier alpha value is -0.900. The highest BCUT2D eigenvalue weighted by Crippen LogP contribution is 2.36. The van der Waals surface area contributed by atoms with E-state index in [0.717, 1.165) is 12.1 Å². The van der Waals surface area contributed by atoms with Gasteiger partial charge in [0.1, 0.15) is 6.61 Å². The number of hydrogen-bond acceptors (Lipinski definition) is 3. The molecule has 0 spiro atoms. The Kier molecular flexibility index (Phi) is 5.37. The predicted octanol–water partition coefficient (Wildman–Crippen LogP) is 3.73. The molecule has 104 valence electrons. The largest absolute Gasteiger partial charge is 0.493 e. The second-order valence-corrected chi connectivity index (χ2v) is 5.10. The molecule has 5 heteroatoms. The van der Waals surface area contributed by atoms with Crippen LogP contribution < -0.4 is 14.8 Å². The van der Waals surface area contributed by atoms with Gasteiger partial charge in [-0.3, -0.25) is 0 Å². The van der Waals surface area contributed by atoms with Crippen LogP contribution in [0.3, 0.4) is 0 Å². The van der Waals surface area contributed by atoms with E-state index in [1.807, 2.05) is 12.1 Å². The van der Waals surface area contributed by atoms with Crippen LogP contribution in [-0.2, 0) is 6.54 Å². The molecule has 1 aliphatic rings. The molecule has 1 aromatic carbocycles.